The smallest absolute Gasteiger partial charge is 0.303 e. The summed E-state index contributed by atoms with van der Waals surface area (Å²) in [5.74, 6) is -0.195. The normalized spacial score (nSPS) is 16.0. The molecule has 2 aromatic rings. The van der Waals surface area contributed by atoms with Crippen LogP contribution >= 0.6 is 7.82 Å². The number of amides is 3. The zero-order valence-corrected chi connectivity index (χ0v) is 16.8. The summed E-state index contributed by atoms with van der Waals surface area (Å²) in [4.78, 5) is 48.0. The Morgan fingerprint density at radius 3 is 1.62 bits per heavy atom. The molecule has 0 aliphatic carbocycles. The SMILES string of the molecule is O=C1NC(c2ccccc2)(c2ccccc2)C(=O)N1[CH2][Na].O=P(O)(O)O. The van der Waals surface area contributed by atoms with Gasteiger partial charge in [0.15, 0.2) is 0 Å². The topological polar surface area (TPSA) is 127 Å². The van der Waals surface area contributed by atoms with Crippen molar-refractivity contribution >= 4 is 47.7 Å². The van der Waals surface area contributed by atoms with E-state index < -0.39 is 13.4 Å². The Hall–Kier alpha value is -1.51. The van der Waals surface area contributed by atoms with Gasteiger partial charge in [-0.05, 0) is 0 Å². The fourth-order valence-electron chi connectivity index (χ4n) is 2.80. The van der Waals surface area contributed by atoms with E-state index in [0.29, 0.717) is 3.79 Å². The fourth-order valence-corrected chi connectivity index (χ4v) is 3.37. The number of imide groups is 1. The number of carbonyl (C=O) groups is 2. The van der Waals surface area contributed by atoms with E-state index in [-0.39, 0.29) is 11.9 Å². The molecule has 1 fully saturated rings. The van der Waals surface area contributed by atoms with Gasteiger partial charge in [-0.2, -0.15) is 0 Å². The summed E-state index contributed by atoms with van der Waals surface area (Å²) in [6.07, 6.45) is 0. The zero-order valence-electron chi connectivity index (χ0n) is 13.9. The monoisotopic (exact) mass is 386 g/mol. The molecular formula is C16H16N2NaO6P. The number of hydrogen-bond acceptors (Lipinski definition) is 3. The summed E-state index contributed by atoms with van der Waals surface area (Å²) in [6, 6.07) is 18.5. The Morgan fingerprint density at radius 2 is 1.31 bits per heavy atom. The van der Waals surface area contributed by atoms with E-state index in [9.17, 15) is 9.59 Å². The molecule has 0 unspecified atom stereocenters. The third-order valence-corrected chi connectivity index (χ3v) is 4.47. The summed E-state index contributed by atoms with van der Waals surface area (Å²) < 4.78 is 9.37. The number of nitrogens with one attached hydrogen (secondary N) is 1. The van der Waals surface area contributed by atoms with E-state index in [1.54, 1.807) is 0 Å². The van der Waals surface area contributed by atoms with Gasteiger partial charge in [-0.25, -0.2) is 4.57 Å². The number of carbonyl (C=O) groups excluding carboxylic acids is 2. The van der Waals surface area contributed by atoms with Crippen LogP contribution in [0.4, 0.5) is 4.79 Å². The maximum Gasteiger partial charge on any atom is 0.466 e. The van der Waals surface area contributed by atoms with Crippen LogP contribution in [0, 0.1) is 0 Å². The van der Waals surface area contributed by atoms with Gasteiger partial charge < -0.3 is 14.7 Å². The molecule has 0 aromatic heterocycles. The maximum atomic E-state index is 12.9. The average molecular weight is 386 g/mol. The first-order valence-electron chi connectivity index (χ1n) is 7.73. The minimum Gasteiger partial charge on any atom is -0.303 e. The molecule has 1 heterocycles. The minimum atomic E-state index is -4.64. The van der Waals surface area contributed by atoms with Crippen LogP contribution in [-0.4, -0.2) is 63.2 Å². The molecule has 0 saturated carbocycles. The van der Waals surface area contributed by atoms with Crippen LogP contribution in [0.3, 0.4) is 0 Å². The van der Waals surface area contributed by atoms with E-state index in [1.807, 2.05) is 60.7 Å². The molecule has 26 heavy (non-hydrogen) atoms. The molecule has 0 bridgehead atoms. The van der Waals surface area contributed by atoms with Crippen molar-refractivity contribution in [2.24, 2.45) is 0 Å². The molecule has 3 amide bonds. The summed E-state index contributed by atoms with van der Waals surface area (Å²) in [5, 5.41) is 2.91. The average Bonchev–Trinajstić information content (AvgIpc) is 2.86. The molecule has 10 heteroatoms. The van der Waals surface area contributed by atoms with Gasteiger partial charge in [0.25, 0.3) is 0 Å². The van der Waals surface area contributed by atoms with Crippen molar-refractivity contribution in [3.8, 4) is 0 Å². The van der Waals surface area contributed by atoms with Crippen LogP contribution in [-0.2, 0) is 14.9 Å². The van der Waals surface area contributed by atoms with Crippen molar-refractivity contribution in [3.05, 3.63) is 71.8 Å². The quantitative estimate of drug-likeness (QED) is 0.349. The van der Waals surface area contributed by atoms with Gasteiger partial charge >= 0.3 is 149 Å². The van der Waals surface area contributed by atoms with E-state index in [2.05, 4.69) is 5.32 Å². The maximum absolute atomic E-state index is 12.9. The van der Waals surface area contributed by atoms with Gasteiger partial charge in [-0.15, -0.1) is 0 Å². The summed E-state index contributed by atoms with van der Waals surface area (Å²) >= 11 is 0.756. The molecule has 0 atom stereocenters. The second-order valence-corrected chi connectivity index (χ2v) is 7.13. The summed E-state index contributed by atoms with van der Waals surface area (Å²) in [6.45, 7) is 0. The number of hydrogen-bond donors (Lipinski definition) is 4. The first-order chi connectivity index (χ1) is 12.2. The number of nitrogens with zero attached hydrogens (tertiary/aromatic N) is 1. The predicted octanol–water partition coefficient (Wildman–Crippen LogP) is 0.679. The Labute approximate surface area is 167 Å². The Morgan fingerprint density at radius 1 is 0.923 bits per heavy atom. The third-order valence-electron chi connectivity index (χ3n) is 3.84. The van der Waals surface area contributed by atoms with Crippen LogP contribution < -0.4 is 5.32 Å². The second-order valence-electron chi connectivity index (χ2n) is 5.47. The predicted molar refractivity (Wildman–Crippen MR) is 93.9 cm³/mol. The molecule has 1 aliphatic rings. The van der Waals surface area contributed by atoms with Crippen LogP contribution in [0.15, 0.2) is 60.7 Å². The van der Waals surface area contributed by atoms with Crippen molar-refractivity contribution in [1.82, 2.24) is 10.2 Å². The molecule has 1 aliphatic heterocycles. The van der Waals surface area contributed by atoms with E-state index in [1.165, 1.54) is 4.90 Å². The zero-order chi connectivity index (χ0) is 19.4. The van der Waals surface area contributed by atoms with Crippen LogP contribution in [0.5, 0.6) is 0 Å². The molecular weight excluding hydrogens is 370 g/mol. The number of rotatable bonds is 3. The largest absolute Gasteiger partial charge is 0.466 e. The summed E-state index contributed by atoms with van der Waals surface area (Å²) in [7, 11) is -4.64. The second kappa shape index (κ2) is 8.45. The van der Waals surface area contributed by atoms with Crippen molar-refractivity contribution in [2.45, 2.75) is 5.54 Å². The van der Waals surface area contributed by atoms with Gasteiger partial charge in [0.05, 0.1) is 0 Å². The molecule has 0 radical (unpaired) electrons. The molecule has 8 nitrogen and oxygen atoms in total. The number of phosphoric acid groups is 1. The summed E-state index contributed by atoms with van der Waals surface area (Å²) in [5.41, 5.74) is 0.462. The van der Waals surface area contributed by atoms with Crippen molar-refractivity contribution in [2.75, 3.05) is 3.79 Å². The van der Waals surface area contributed by atoms with Crippen LogP contribution in [0.2, 0.25) is 0 Å². The molecule has 3 rings (SSSR count). The fraction of sp³-hybridized carbons (Fsp3) is 0.125. The molecule has 0 spiro atoms. The Bertz CT molecular complexity index is 779. The van der Waals surface area contributed by atoms with E-state index >= 15 is 0 Å². The Kier molecular flexibility index (Phi) is 6.76. The van der Waals surface area contributed by atoms with Crippen LogP contribution in [0.25, 0.3) is 0 Å². The van der Waals surface area contributed by atoms with E-state index in [4.69, 9.17) is 19.2 Å². The number of urea groups is 1. The van der Waals surface area contributed by atoms with E-state index in [0.717, 1.165) is 39.1 Å². The molecule has 1 saturated heterocycles. The van der Waals surface area contributed by atoms with Gasteiger partial charge in [0.1, 0.15) is 0 Å². The van der Waals surface area contributed by atoms with Gasteiger partial charge in [-0.3, -0.25) is 0 Å². The molecule has 4 N–H and O–H groups in total. The minimum absolute atomic E-state index is 0.195. The Balaban J connectivity index is 0.000000431. The first-order valence-corrected chi connectivity index (χ1v) is 10.7. The van der Waals surface area contributed by atoms with Crippen molar-refractivity contribution in [3.63, 3.8) is 0 Å². The van der Waals surface area contributed by atoms with Gasteiger partial charge in [0, 0.05) is 0 Å². The van der Waals surface area contributed by atoms with Crippen LogP contribution in [0.1, 0.15) is 11.1 Å². The third kappa shape index (κ3) is 4.61. The van der Waals surface area contributed by atoms with Crippen molar-refractivity contribution < 1.29 is 28.8 Å². The van der Waals surface area contributed by atoms with Crippen molar-refractivity contribution in [1.29, 1.82) is 0 Å². The standard InChI is InChI=1S/C16H13N2O2.Na.H3O4P/c1-18-14(19)16(17-15(18)20,12-8-4-2-5-9-12)13-10-6-3-7-11-13;;1-5(2,3)4/h2-11H,1H2,(H,17,20);;(H3,1,2,3,4). The van der Waals surface area contributed by atoms with Gasteiger partial charge in [-0.1, -0.05) is 0 Å². The first kappa shape index (κ1) is 20.8. The van der Waals surface area contributed by atoms with Gasteiger partial charge in [0.2, 0.25) is 0 Å². The molecule has 132 valence electrons. The number of benzene rings is 2. The molecule has 2 aromatic carbocycles.